The highest BCUT2D eigenvalue weighted by molar-refractivity contribution is 5.84. The number of morpholine rings is 1. The molecule has 10 nitrogen and oxygen atoms in total. The van der Waals surface area contributed by atoms with Gasteiger partial charge in [0, 0.05) is 31.3 Å². The molecule has 1 amide bonds. The predicted molar refractivity (Wildman–Crippen MR) is 164 cm³/mol. The maximum atomic E-state index is 12.3. The average Bonchev–Trinajstić information content (AvgIpc) is 3.01. The van der Waals surface area contributed by atoms with Gasteiger partial charge in [-0.3, -0.25) is 10.7 Å². The van der Waals surface area contributed by atoms with Crippen molar-refractivity contribution in [3.8, 4) is 11.5 Å². The van der Waals surface area contributed by atoms with E-state index in [-0.39, 0.29) is 6.61 Å². The van der Waals surface area contributed by atoms with Gasteiger partial charge in [0.25, 0.3) is 0 Å². The van der Waals surface area contributed by atoms with Crippen molar-refractivity contribution in [1.29, 1.82) is 0 Å². The van der Waals surface area contributed by atoms with Crippen LogP contribution in [0.25, 0.3) is 0 Å². The van der Waals surface area contributed by atoms with Crippen molar-refractivity contribution in [2.75, 3.05) is 48.6 Å². The number of nitrogens with one attached hydrogen (secondary N) is 2. The monoisotopic (exact) mass is 566 g/mol. The van der Waals surface area contributed by atoms with Crippen LogP contribution < -0.4 is 20.4 Å². The summed E-state index contributed by atoms with van der Waals surface area (Å²) in [4.78, 5) is 23.9. The third-order valence-corrected chi connectivity index (χ3v) is 6.39. The third kappa shape index (κ3) is 8.77. The van der Waals surface area contributed by atoms with Crippen LogP contribution in [0.1, 0.15) is 23.4 Å². The number of rotatable bonds is 11. The molecule has 10 heteroatoms. The van der Waals surface area contributed by atoms with Crippen molar-refractivity contribution in [1.82, 2.24) is 9.97 Å². The summed E-state index contributed by atoms with van der Waals surface area (Å²) in [6.07, 6.45) is 2.34. The second-order valence-corrected chi connectivity index (χ2v) is 9.72. The number of benzene rings is 3. The molecule has 0 saturated carbocycles. The zero-order valence-corrected chi connectivity index (χ0v) is 23.5. The minimum Gasteiger partial charge on any atom is -0.457 e. The second kappa shape index (κ2) is 14.6. The van der Waals surface area contributed by atoms with Crippen molar-refractivity contribution in [3.05, 3.63) is 102 Å². The molecule has 2 N–H and O–H groups in total. The first-order valence-electron chi connectivity index (χ1n) is 13.9. The van der Waals surface area contributed by atoms with E-state index in [0.29, 0.717) is 49.1 Å². The molecule has 2 heterocycles. The summed E-state index contributed by atoms with van der Waals surface area (Å²) in [5.41, 5.74) is 5.82. The summed E-state index contributed by atoms with van der Waals surface area (Å²) in [6, 6.07) is 26.6. The van der Waals surface area contributed by atoms with E-state index in [0.717, 1.165) is 30.2 Å². The molecular formula is C32H34N6O4. The maximum absolute atomic E-state index is 12.3. The lowest BCUT2D eigenvalue weighted by atomic mass is 10.2. The molecule has 0 aliphatic carbocycles. The first kappa shape index (κ1) is 28.6. The third-order valence-electron chi connectivity index (χ3n) is 6.39. The van der Waals surface area contributed by atoms with Gasteiger partial charge in [0.1, 0.15) is 23.1 Å². The van der Waals surface area contributed by atoms with E-state index in [9.17, 15) is 4.79 Å². The Morgan fingerprint density at radius 2 is 1.76 bits per heavy atom. The summed E-state index contributed by atoms with van der Waals surface area (Å²) in [7, 11) is 0. The SMILES string of the molecule is Cc1cccc(C=NNc2cc(N3CCOCC3)nc(CCCOC(=O)Nc3ccc(Oc4ccccc4)cc3)n2)c1. The highest BCUT2D eigenvalue weighted by Crippen LogP contribution is 2.23. The van der Waals surface area contributed by atoms with Gasteiger partial charge >= 0.3 is 6.09 Å². The predicted octanol–water partition coefficient (Wildman–Crippen LogP) is 6.04. The van der Waals surface area contributed by atoms with E-state index < -0.39 is 6.09 Å². The molecule has 3 aromatic carbocycles. The number of ether oxygens (including phenoxy) is 3. The van der Waals surface area contributed by atoms with Crippen LogP contribution in [0.4, 0.5) is 22.1 Å². The largest absolute Gasteiger partial charge is 0.457 e. The quantitative estimate of drug-likeness (QED) is 0.128. The Kier molecular flexibility index (Phi) is 9.93. The number of aryl methyl sites for hydroxylation is 2. The van der Waals surface area contributed by atoms with Crippen molar-refractivity contribution >= 4 is 29.6 Å². The molecule has 0 spiro atoms. The molecule has 5 rings (SSSR count). The molecule has 42 heavy (non-hydrogen) atoms. The van der Waals surface area contributed by atoms with E-state index in [1.54, 1.807) is 30.5 Å². The number of amides is 1. The Bertz CT molecular complexity index is 1470. The van der Waals surface area contributed by atoms with Gasteiger partial charge in [-0.15, -0.1) is 0 Å². The second-order valence-electron chi connectivity index (χ2n) is 9.72. The molecule has 1 fully saturated rings. The molecular weight excluding hydrogens is 532 g/mol. The van der Waals surface area contributed by atoms with Crippen LogP contribution in [-0.2, 0) is 15.9 Å². The number of aromatic nitrogens is 2. The van der Waals surface area contributed by atoms with Crippen molar-refractivity contribution in [2.45, 2.75) is 19.8 Å². The lowest BCUT2D eigenvalue weighted by molar-refractivity contribution is 0.122. The highest BCUT2D eigenvalue weighted by atomic mass is 16.5. The van der Waals surface area contributed by atoms with Crippen LogP contribution in [0.2, 0.25) is 0 Å². The van der Waals surface area contributed by atoms with Gasteiger partial charge in [-0.1, -0.05) is 48.0 Å². The number of carbonyl (C=O) groups excluding carboxylic acids is 1. The van der Waals surface area contributed by atoms with E-state index >= 15 is 0 Å². The maximum Gasteiger partial charge on any atom is 0.411 e. The van der Waals surface area contributed by atoms with Gasteiger partial charge in [0.15, 0.2) is 5.82 Å². The fourth-order valence-corrected chi connectivity index (χ4v) is 4.31. The fraction of sp³-hybridized carbons (Fsp3) is 0.250. The first-order chi connectivity index (χ1) is 20.6. The standard InChI is InChI=1S/C32H34N6O4/c1-24-7-5-8-25(21-24)23-33-37-30-22-31(38-16-19-40-20-17-38)36-29(35-30)11-6-18-41-32(39)34-26-12-14-28(15-13-26)42-27-9-3-2-4-10-27/h2-5,7-10,12-15,21-23H,6,11,16-20H2,1H3,(H,34,39)(H,35,36,37). The van der Waals surface area contributed by atoms with Gasteiger partial charge in [-0.25, -0.2) is 14.8 Å². The summed E-state index contributed by atoms with van der Waals surface area (Å²) in [5.74, 6) is 3.48. The van der Waals surface area contributed by atoms with Crippen LogP contribution in [0, 0.1) is 6.92 Å². The Morgan fingerprint density at radius 3 is 2.55 bits per heavy atom. The molecule has 0 bridgehead atoms. The minimum atomic E-state index is -0.525. The van der Waals surface area contributed by atoms with Crippen molar-refractivity contribution in [2.24, 2.45) is 5.10 Å². The van der Waals surface area contributed by atoms with Gasteiger partial charge < -0.3 is 19.1 Å². The molecule has 1 aliphatic heterocycles. The summed E-state index contributed by atoms with van der Waals surface area (Å²) >= 11 is 0. The molecule has 1 aliphatic rings. The molecule has 1 saturated heterocycles. The Morgan fingerprint density at radius 1 is 0.976 bits per heavy atom. The number of nitrogens with zero attached hydrogens (tertiary/aromatic N) is 4. The number of carbonyl (C=O) groups is 1. The van der Waals surface area contributed by atoms with Gasteiger partial charge in [-0.2, -0.15) is 5.10 Å². The van der Waals surface area contributed by atoms with Crippen LogP contribution >= 0.6 is 0 Å². The smallest absolute Gasteiger partial charge is 0.411 e. The van der Waals surface area contributed by atoms with Gasteiger partial charge in [0.05, 0.1) is 26.0 Å². The van der Waals surface area contributed by atoms with Crippen LogP contribution in [-0.4, -0.2) is 55.2 Å². The number of para-hydroxylation sites is 1. The fourth-order valence-electron chi connectivity index (χ4n) is 4.31. The van der Waals surface area contributed by atoms with E-state index in [1.165, 1.54) is 5.56 Å². The lowest BCUT2D eigenvalue weighted by Crippen LogP contribution is -2.37. The Labute approximate surface area is 245 Å². The van der Waals surface area contributed by atoms with Crippen LogP contribution in [0.3, 0.4) is 0 Å². The number of hydrogen-bond donors (Lipinski definition) is 2. The average molecular weight is 567 g/mol. The highest BCUT2D eigenvalue weighted by Gasteiger charge is 2.15. The number of anilines is 3. The lowest BCUT2D eigenvalue weighted by Gasteiger charge is -2.28. The van der Waals surface area contributed by atoms with Gasteiger partial charge in [0.2, 0.25) is 0 Å². The summed E-state index contributed by atoms with van der Waals surface area (Å²) < 4.78 is 16.7. The number of hydrogen-bond acceptors (Lipinski definition) is 9. The Hall–Kier alpha value is -4.96. The molecule has 1 aromatic heterocycles. The number of hydrazone groups is 1. The normalized spacial score (nSPS) is 13.1. The van der Waals surface area contributed by atoms with Crippen LogP contribution in [0.5, 0.6) is 11.5 Å². The van der Waals surface area contributed by atoms with Gasteiger partial charge in [-0.05, 0) is 55.3 Å². The minimum absolute atomic E-state index is 0.223. The zero-order chi connectivity index (χ0) is 29.0. The molecule has 4 aromatic rings. The Balaban J connectivity index is 1.12. The van der Waals surface area contributed by atoms with E-state index in [2.05, 4.69) is 31.8 Å². The molecule has 0 radical (unpaired) electrons. The summed E-state index contributed by atoms with van der Waals surface area (Å²) in [6.45, 7) is 5.08. The molecule has 0 atom stereocenters. The van der Waals surface area contributed by atoms with Crippen molar-refractivity contribution < 1.29 is 19.0 Å². The summed E-state index contributed by atoms with van der Waals surface area (Å²) in [5, 5.41) is 7.11. The van der Waals surface area contributed by atoms with Crippen LogP contribution in [0.15, 0.2) is 90.0 Å². The molecule has 216 valence electrons. The zero-order valence-electron chi connectivity index (χ0n) is 23.5. The topological polar surface area (TPSA) is 110 Å². The molecule has 0 unspecified atom stereocenters. The first-order valence-corrected chi connectivity index (χ1v) is 13.9. The van der Waals surface area contributed by atoms with E-state index in [4.69, 9.17) is 19.2 Å². The van der Waals surface area contributed by atoms with E-state index in [1.807, 2.05) is 61.5 Å². The van der Waals surface area contributed by atoms with Crippen molar-refractivity contribution in [3.63, 3.8) is 0 Å².